The molecule has 5 nitrogen and oxygen atoms in total. The van der Waals surface area contributed by atoms with Gasteiger partial charge < -0.3 is 8.74 Å². The Balaban J connectivity index is 2.72. The molecule has 0 saturated heterocycles. The lowest BCUT2D eigenvalue weighted by Crippen LogP contribution is -2.06. The molecule has 0 amide bonds. The molecule has 0 atom stereocenters. The van der Waals surface area contributed by atoms with E-state index in [0.29, 0.717) is 0 Å². The molecule has 0 fully saturated rings. The molecule has 0 aliphatic carbocycles. The van der Waals surface area contributed by atoms with E-state index in [1.165, 1.54) is 12.1 Å². The van der Waals surface area contributed by atoms with Crippen LogP contribution >= 0.6 is 23.5 Å². The summed E-state index contributed by atoms with van der Waals surface area (Å²) in [6.07, 6.45) is 7.31. The first-order chi connectivity index (χ1) is 8.94. The highest BCUT2D eigenvalue weighted by atomic mass is 32.3. The van der Waals surface area contributed by atoms with E-state index in [0.717, 1.165) is 9.94 Å². The van der Waals surface area contributed by atoms with Crippen LogP contribution in [0.3, 0.4) is 0 Å². The van der Waals surface area contributed by atoms with E-state index in [4.69, 9.17) is 0 Å². The van der Waals surface area contributed by atoms with Crippen LogP contribution in [0.2, 0.25) is 0 Å². The molecule has 0 aliphatic heterocycles. The van der Waals surface area contributed by atoms with Gasteiger partial charge in [-0.05, 0) is 36.3 Å². The number of aliphatic imine (C=N–C) groups is 1. The molecule has 0 aliphatic rings. The van der Waals surface area contributed by atoms with Crippen molar-refractivity contribution in [3.05, 3.63) is 36.0 Å². The molecule has 0 aromatic heterocycles. The molecule has 0 saturated carbocycles. The molecular weight excluding hydrogens is 306 g/mol. The van der Waals surface area contributed by atoms with Gasteiger partial charge >= 0.3 is 0 Å². The fourth-order valence-electron chi connectivity index (χ4n) is 1.13. The van der Waals surface area contributed by atoms with Crippen LogP contribution in [0.25, 0.3) is 6.08 Å². The first-order valence-corrected chi connectivity index (χ1v) is 8.80. The van der Waals surface area contributed by atoms with Crippen LogP contribution in [0.15, 0.2) is 35.5 Å². The average Bonchev–Trinajstić information content (AvgIpc) is 2.35. The Morgan fingerprint density at radius 1 is 1.26 bits per heavy atom. The highest BCUT2D eigenvalue weighted by molar-refractivity contribution is 8.38. The summed E-state index contributed by atoms with van der Waals surface area (Å²) in [5.41, 5.74) is 0.820. The predicted molar refractivity (Wildman–Crippen MR) is 80.3 cm³/mol. The average molecular weight is 318 g/mol. The van der Waals surface area contributed by atoms with Gasteiger partial charge in [0, 0.05) is 6.20 Å². The van der Waals surface area contributed by atoms with E-state index in [-0.39, 0.29) is 5.75 Å². The van der Waals surface area contributed by atoms with E-state index in [9.17, 15) is 13.0 Å². The van der Waals surface area contributed by atoms with Gasteiger partial charge in [0.25, 0.3) is 10.4 Å². The second-order valence-corrected chi connectivity index (χ2v) is 6.01. The Morgan fingerprint density at radius 2 is 1.84 bits per heavy atom. The fourth-order valence-corrected chi connectivity index (χ4v) is 2.47. The first kappa shape index (κ1) is 16.1. The van der Waals surface area contributed by atoms with Crippen molar-refractivity contribution in [1.82, 2.24) is 0 Å². The molecule has 0 bridgehead atoms. The van der Waals surface area contributed by atoms with Crippen molar-refractivity contribution in [2.75, 3.05) is 12.5 Å². The Labute approximate surface area is 121 Å². The smallest absolute Gasteiger partial charge is 0.262 e. The Kier molecular flexibility index (Phi) is 6.43. The summed E-state index contributed by atoms with van der Waals surface area (Å²) in [6, 6.07) is 6.07. The molecule has 0 unspecified atom stereocenters. The van der Waals surface area contributed by atoms with Gasteiger partial charge in [-0.2, -0.15) is 0 Å². The maximum absolute atomic E-state index is 10.4. The summed E-state index contributed by atoms with van der Waals surface area (Å²) in [5, 5.41) is 0. The number of thioether (sulfide) groups is 2. The van der Waals surface area contributed by atoms with E-state index < -0.39 is 10.4 Å². The number of benzene rings is 1. The Bertz CT molecular complexity index is 558. The molecule has 0 radical (unpaired) electrons. The zero-order valence-electron chi connectivity index (χ0n) is 10.3. The SMILES string of the molecule is CSC(=N/C=C/c1ccc(OS(=O)(=O)[O-])cc1)SC. The van der Waals surface area contributed by atoms with Crippen LogP contribution in [0.5, 0.6) is 5.75 Å². The van der Waals surface area contributed by atoms with Crippen molar-refractivity contribution in [3.63, 3.8) is 0 Å². The third kappa shape index (κ3) is 6.67. The first-order valence-electron chi connectivity index (χ1n) is 5.02. The zero-order chi connectivity index (χ0) is 14.3. The van der Waals surface area contributed by atoms with Crippen LogP contribution in [0.4, 0.5) is 0 Å². The third-order valence-corrected chi connectivity index (χ3v) is 4.18. The monoisotopic (exact) mass is 318 g/mol. The number of hydrogen-bond acceptors (Lipinski definition) is 7. The Hall–Kier alpha value is -0.960. The topological polar surface area (TPSA) is 78.8 Å². The van der Waals surface area contributed by atoms with Gasteiger partial charge in [0.2, 0.25) is 0 Å². The van der Waals surface area contributed by atoms with Gasteiger partial charge in [-0.3, -0.25) is 0 Å². The minimum absolute atomic E-state index is 0.00966. The lowest BCUT2D eigenvalue weighted by Gasteiger charge is -2.08. The standard InChI is InChI=1S/C11H13NO4S3/c1-17-11(18-2)12-8-7-9-3-5-10(6-4-9)16-19(13,14)15/h3-8H,1-2H3,(H,13,14,15)/p-1/b8-7+. The highest BCUT2D eigenvalue weighted by Gasteiger charge is 1.98. The van der Waals surface area contributed by atoms with E-state index in [1.807, 2.05) is 12.5 Å². The number of rotatable bonds is 4. The largest absolute Gasteiger partial charge is 0.716 e. The minimum Gasteiger partial charge on any atom is -0.716 e. The molecule has 0 heterocycles. The van der Waals surface area contributed by atoms with Crippen molar-refractivity contribution in [1.29, 1.82) is 0 Å². The van der Waals surface area contributed by atoms with E-state index >= 15 is 0 Å². The number of hydrogen-bond donors (Lipinski definition) is 0. The summed E-state index contributed by atoms with van der Waals surface area (Å²) in [5.74, 6) is -0.00966. The number of nitrogens with zero attached hydrogens (tertiary/aromatic N) is 1. The molecule has 1 aromatic carbocycles. The lowest BCUT2D eigenvalue weighted by atomic mass is 10.2. The minimum atomic E-state index is -4.72. The maximum Gasteiger partial charge on any atom is 0.262 e. The molecule has 8 heteroatoms. The van der Waals surface area contributed by atoms with Gasteiger partial charge in [-0.1, -0.05) is 12.1 Å². The van der Waals surface area contributed by atoms with Gasteiger partial charge in [0.1, 0.15) is 10.1 Å². The second kappa shape index (κ2) is 7.59. The Morgan fingerprint density at radius 3 is 2.32 bits per heavy atom. The van der Waals surface area contributed by atoms with Gasteiger partial charge in [0.15, 0.2) is 0 Å². The van der Waals surface area contributed by atoms with Crippen molar-refractivity contribution in [2.24, 2.45) is 4.99 Å². The lowest BCUT2D eigenvalue weighted by molar-refractivity contribution is 0.372. The summed E-state index contributed by atoms with van der Waals surface area (Å²) >= 11 is 3.11. The molecule has 1 aromatic rings. The van der Waals surface area contributed by atoms with Crippen molar-refractivity contribution >= 4 is 44.4 Å². The summed E-state index contributed by atoms with van der Waals surface area (Å²) in [7, 11) is -4.72. The molecule has 0 spiro atoms. The maximum atomic E-state index is 10.4. The third-order valence-electron chi connectivity index (χ3n) is 1.87. The molecule has 19 heavy (non-hydrogen) atoms. The van der Waals surface area contributed by atoms with Crippen LogP contribution in [0, 0.1) is 0 Å². The fraction of sp³-hybridized carbons (Fsp3) is 0.182. The van der Waals surface area contributed by atoms with Crippen molar-refractivity contribution in [2.45, 2.75) is 0 Å². The second-order valence-electron chi connectivity index (χ2n) is 3.18. The van der Waals surface area contributed by atoms with Crippen LogP contribution < -0.4 is 4.18 Å². The van der Waals surface area contributed by atoms with Crippen molar-refractivity contribution < 1.29 is 17.2 Å². The molecule has 0 N–H and O–H groups in total. The normalized spacial score (nSPS) is 11.5. The quantitative estimate of drug-likeness (QED) is 0.367. The van der Waals surface area contributed by atoms with Crippen LogP contribution in [-0.4, -0.2) is 29.9 Å². The van der Waals surface area contributed by atoms with Gasteiger partial charge in [0.05, 0.1) is 0 Å². The predicted octanol–water partition coefficient (Wildman–Crippen LogP) is 2.58. The summed E-state index contributed by atoms with van der Waals surface area (Å²) in [6.45, 7) is 0. The highest BCUT2D eigenvalue weighted by Crippen LogP contribution is 2.15. The van der Waals surface area contributed by atoms with Crippen LogP contribution in [0.1, 0.15) is 5.56 Å². The van der Waals surface area contributed by atoms with Crippen LogP contribution in [-0.2, 0) is 10.4 Å². The van der Waals surface area contributed by atoms with Gasteiger partial charge in [-0.25, -0.2) is 13.4 Å². The summed E-state index contributed by atoms with van der Waals surface area (Å²) < 4.78 is 36.3. The molecule has 1 rings (SSSR count). The van der Waals surface area contributed by atoms with E-state index in [1.54, 1.807) is 47.9 Å². The van der Waals surface area contributed by atoms with E-state index in [2.05, 4.69) is 9.18 Å². The molecular formula is C11H12NO4S3-. The van der Waals surface area contributed by atoms with Gasteiger partial charge in [-0.15, -0.1) is 23.5 Å². The zero-order valence-corrected chi connectivity index (χ0v) is 12.7. The molecule has 104 valence electrons. The summed E-state index contributed by atoms with van der Waals surface area (Å²) in [4.78, 5) is 4.22. The van der Waals surface area contributed by atoms with Crippen molar-refractivity contribution in [3.8, 4) is 5.75 Å².